The van der Waals surface area contributed by atoms with E-state index in [1.54, 1.807) is 19.1 Å². The second kappa shape index (κ2) is 9.48. The zero-order valence-electron chi connectivity index (χ0n) is 15.5. The fourth-order valence-corrected chi connectivity index (χ4v) is 3.56. The van der Waals surface area contributed by atoms with Gasteiger partial charge in [0.25, 0.3) is 0 Å². The van der Waals surface area contributed by atoms with Gasteiger partial charge < -0.3 is 10.6 Å². The number of benzene rings is 2. The number of amides is 2. The second-order valence-electron chi connectivity index (χ2n) is 6.24. The lowest BCUT2D eigenvalue weighted by atomic mass is 10.1. The highest BCUT2D eigenvalue weighted by molar-refractivity contribution is 7.89. The van der Waals surface area contributed by atoms with Gasteiger partial charge in [0, 0.05) is 19.5 Å². The molecule has 0 saturated heterocycles. The first-order valence-electron chi connectivity index (χ1n) is 8.89. The third-order valence-electron chi connectivity index (χ3n) is 4.00. The highest BCUT2D eigenvalue weighted by Gasteiger charge is 2.17. The molecule has 2 amide bonds. The van der Waals surface area contributed by atoms with E-state index >= 15 is 0 Å². The third kappa shape index (κ3) is 6.04. The molecule has 7 nitrogen and oxygen atoms in total. The molecule has 27 heavy (non-hydrogen) atoms. The van der Waals surface area contributed by atoms with Gasteiger partial charge in [-0.25, -0.2) is 13.1 Å². The van der Waals surface area contributed by atoms with Crippen LogP contribution in [0.3, 0.4) is 0 Å². The van der Waals surface area contributed by atoms with Crippen LogP contribution in [0.2, 0.25) is 0 Å². The van der Waals surface area contributed by atoms with Crippen molar-refractivity contribution in [3.8, 4) is 0 Å². The molecule has 0 bridgehead atoms. The van der Waals surface area contributed by atoms with Crippen molar-refractivity contribution in [3.05, 3.63) is 42.5 Å². The molecule has 0 spiro atoms. The summed E-state index contributed by atoms with van der Waals surface area (Å²) in [6.45, 7) is 4.02. The van der Waals surface area contributed by atoms with Gasteiger partial charge in [-0.05, 0) is 36.2 Å². The largest absolute Gasteiger partial charge is 0.354 e. The van der Waals surface area contributed by atoms with Crippen LogP contribution in [0.4, 0.5) is 0 Å². The molecule has 8 heteroatoms. The summed E-state index contributed by atoms with van der Waals surface area (Å²) in [7, 11) is -3.71. The van der Waals surface area contributed by atoms with Gasteiger partial charge in [0.1, 0.15) is 6.04 Å². The van der Waals surface area contributed by atoms with Crippen LogP contribution in [0.25, 0.3) is 10.8 Å². The van der Waals surface area contributed by atoms with Crippen LogP contribution in [0, 0.1) is 0 Å². The minimum atomic E-state index is -3.71. The Morgan fingerprint density at radius 2 is 1.74 bits per heavy atom. The van der Waals surface area contributed by atoms with Crippen molar-refractivity contribution in [1.29, 1.82) is 0 Å². The summed E-state index contributed by atoms with van der Waals surface area (Å²) in [5.41, 5.74) is 0. The molecular formula is C19H25N3O4S. The molecule has 0 aromatic heterocycles. The van der Waals surface area contributed by atoms with Gasteiger partial charge in [-0.1, -0.05) is 37.3 Å². The number of nitrogens with one attached hydrogen (secondary N) is 3. The smallest absolute Gasteiger partial charge is 0.242 e. The number of sulfonamides is 1. The Balaban J connectivity index is 1.87. The van der Waals surface area contributed by atoms with Gasteiger partial charge in [-0.15, -0.1) is 0 Å². The Morgan fingerprint density at radius 1 is 1.04 bits per heavy atom. The first-order valence-corrected chi connectivity index (χ1v) is 10.4. The summed E-state index contributed by atoms with van der Waals surface area (Å²) in [5, 5.41) is 7.02. The van der Waals surface area contributed by atoms with E-state index in [1.807, 2.05) is 31.2 Å². The third-order valence-corrected chi connectivity index (χ3v) is 5.45. The highest BCUT2D eigenvalue weighted by Crippen LogP contribution is 2.18. The van der Waals surface area contributed by atoms with E-state index in [1.165, 1.54) is 6.07 Å². The Kier molecular flexibility index (Phi) is 7.32. The summed E-state index contributed by atoms with van der Waals surface area (Å²) in [4.78, 5) is 23.8. The topological polar surface area (TPSA) is 104 Å². The van der Waals surface area contributed by atoms with Crippen LogP contribution >= 0.6 is 0 Å². The Hall–Kier alpha value is -2.45. The summed E-state index contributed by atoms with van der Waals surface area (Å²) in [5.74, 6) is -0.655. The van der Waals surface area contributed by atoms with Gasteiger partial charge >= 0.3 is 0 Å². The lowest BCUT2D eigenvalue weighted by Gasteiger charge is -2.14. The van der Waals surface area contributed by atoms with Gasteiger partial charge in [-0.3, -0.25) is 9.59 Å². The van der Waals surface area contributed by atoms with E-state index in [2.05, 4.69) is 15.4 Å². The molecule has 0 fully saturated rings. The van der Waals surface area contributed by atoms with E-state index in [4.69, 9.17) is 0 Å². The summed E-state index contributed by atoms with van der Waals surface area (Å²) in [6.07, 6.45) is 0.751. The summed E-state index contributed by atoms with van der Waals surface area (Å²) >= 11 is 0. The minimum absolute atomic E-state index is 0.0513. The first-order chi connectivity index (χ1) is 12.8. The van der Waals surface area contributed by atoms with Crippen molar-refractivity contribution in [3.63, 3.8) is 0 Å². The van der Waals surface area contributed by atoms with Gasteiger partial charge in [0.2, 0.25) is 21.8 Å². The Labute approximate surface area is 159 Å². The van der Waals surface area contributed by atoms with Crippen molar-refractivity contribution in [2.24, 2.45) is 0 Å². The molecule has 1 unspecified atom stereocenters. The fraction of sp³-hybridized carbons (Fsp3) is 0.368. The zero-order chi connectivity index (χ0) is 19.9. The van der Waals surface area contributed by atoms with E-state index in [0.29, 0.717) is 6.54 Å². The number of rotatable bonds is 9. The summed E-state index contributed by atoms with van der Waals surface area (Å²) < 4.78 is 27.2. The number of fused-ring (bicyclic) bond motifs is 1. The maximum Gasteiger partial charge on any atom is 0.242 e. The number of hydrogen-bond donors (Lipinski definition) is 3. The highest BCUT2D eigenvalue weighted by atomic mass is 32.2. The molecule has 3 N–H and O–H groups in total. The van der Waals surface area contributed by atoms with Crippen LogP contribution in [0.15, 0.2) is 47.4 Å². The Morgan fingerprint density at radius 3 is 2.44 bits per heavy atom. The van der Waals surface area contributed by atoms with Crippen molar-refractivity contribution < 1.29 is 18.0 Å². The van der Waals surface area contributed by atoms with Crippen molar-refractivity contribution >= 4 is 32.6 Å². The lowest BCUT2D eigenvalue weighted by molar-refractivity contribution is -0.128. The predicted molar refractivity (Wildman–Crippen MR) is 105 cm³/mol. The molecule has 2 rings (SSSR count). The molecule has 2 aromatic rings. The average molecular weight is 391 g/mol. The molecule has 2 aromatic carbocycles. The van der Waals surface area contributed by atoms with Crippen LogP contribution in [-0.2, 0) is 19.6 Å². The molecular weight excluding hydrogens is 366 g/mol. The zero-order valence-corrected chi connectivity index (χ0v) is 16.3. The van der Waals surface area contributed by atoms with Crippen molar-refractivity contribution in [2.45, 2.75) is 37.6 Å². The van der Waals surface area contributed by atoms with Gasteiger partial charge in [-0.2, -0.15) is 0 Å². The van der Waals surface area contributed by atoms with Crippen LogP contribution in [-0.4, -0.2) is 39.4 Å². The van der Waals surface area contributed by atoms with E-state index in [-0.39, 0.29) is 23.8 Å². The standard InChI is InChI=1S/C19H25N3O4S/c1-3-11-20-19(24)14(2)22-18(23)10-12-21-27(25,26)17-9-8-15-6-4-5-7-16(15)13-17/h4-9,13-14,21H,3,10-12H2,1-2H3,(H,20,24)(H,22,23). The quantitative estimate of drug-likeness (QED) is 0.603. The van der Waals surface area contributed by atoms with Gasteiger partial charge in [0.15, 0.2) is 0 Å². The number of carbonyl (C=O) groups is 2. The molecule has 0 aliphatic heterocycles. The maximum absolute atomic E-state index is 12.4. The van der Waals surface area contributed by atoms with Crippen LogP contribution in [0.1, 0.15) is 26.7 Å². The number of carbonyl (C=O) groups excluding carboxylic acids is 2. The molecule has 0 aliphatic carbocycles. The van der Waals surface area contributed by atoms with E-state index in [0.717, 1.165) is 17.2 Å². The molecule has 146 valence electrons. The minimum Gasteiger partial charge on any atom is -0.354 e. The van der Waals surface area contributed by atoms with Crippen LogP contribution < -0.4 is 15.4 Å². The lowest BCUT2D eigenvalue weighted by Crippen LogP contribution is -2.45. The van der Waals surface area contributed by atoms with Crippen LogP contribution in [0.5, 0.6) is 0 Å². The predicted octanol–water partition coefficient (Wildman–Crippen LogP) is 1.54. The van der Waals surface area contributed by atoms with Gasteiger partial charge in [0.05, 0.1) is 4.90 Å². The first kappa shape index (κ1) is 20.9. The average Bonchev–Trinajstić information content (AvgIpc) is 2.65. The fourth-order valence-electron chi connectivity index (χ4n) is 2.50. The van der Waals surface area contributed by atoms with Crippen molar-refractivity contribution in [2.75, 3.05) is 13.1 Å². The molecule has 0 radical (unpaired) electrons. The maximum atomic E-state index is 12.4. The van der Waals surface area contributed by atoms with Crippen molar-refractivity contribution in [1.82, 2.24) is 15.4 Å². The second-order valence-corrected chi connectivity index (χ2v) is 8.00. The normalized spacial score (nSPS) is 12.5. The van der Waals surface area contributed by atoms with E-state index < -0.39 is 22.0 Å². The number of hydrogen-bond acceptors (Lipinski definition) is 4. The Bertz CT molecular complexity index is 912. The summed E-state index contributed by atoms with van der Waals surface area (Å²) in [6, 6.07) is 11.7. The monoisotopic (exact) mass is 391 g/mol. The molecule has 0 heterocycles. The SMILES string of the molecule is CCCNC(=O)C(C)NC(=O)CCNS(=O)(=O)c1ccc2ccccc2c1. The molecule has 0 aliphatic rings. The molecule has 1 atom stereocenters. The van der Waals surface area contributed by atoms with E-state index in [9.17, 15) is 18.0 Å². The molecule has 0 saturated carbocycles.